The first kappa shape index (κ1) is 19.6. The van der Waals surface area contributed by atoms with Crippen LogP contribution >= 0.6 is 11.6 Å². The first-order valence-corrected chi connectivity index (χ1v) is 10.5. The molecule has 0 aromatic heterocycles. The number of amides is 1. The van der Waals surface area contributed by atoms with Crippen LogP contribution < -0.4 is 9.64 Å². The van der Waals surface area contributed by atoms with E-state index in [2.05, 4.69) is 23.1 Å². The van der Waals surface area contributed by atoms with Crippen LogP contribution in [0.3, 0.4) is 0 Å². The van der Waals surface area contributed by atoms with Gasteiger partial charge in [0.25, 0.3) is 5.91 Å². The number of fused-ring (bicyclic) bond motifs is 1. The number of rotatable bonds is 5. The van der Waals surface area contributed by atoms with Gasteiger partial charge in [-0.1, -0.05) is 61.0 Å². The second-order valence-corrected chi connectivity index (χ2v) is 7.72. The number of ether oxygens (including phenoxy) is 1. The van der Waals surface area contributed by atoms with Gasteiger partial charge in [0.05, 0.1) is 0 Å². The van der Waals surface area contributed by atoms with Gasteiger partial charge in [0, 0.05) is 42.3 Å². The number of nitrogens with zero attached hydrogens (tertiary/aromatic N) is 2. The predicted octanol–water partition coefficient (Wildman–Crippen LogP) is 5.00. The summed E-state index contributed by atoms with van der Waals surface area (Å²) in [5.74, 6) is 0.826. The van der Waals surface area contributed by atoms with Gasteiger partial charge in [0.1, 0.15) is 5.75 Å². The zero-order chi connectivity index (χ0) is 20.2. The SMILES string of the molecule is CCC(Oc1cccc2ccccc12)C(=O)N1CCN(c2cccc(Cl)c2)CC1. The summed E-state index contributed by atoms with van der Waals surface area (Å²) in [5.41, 5.74) is 1.10. The van der Waals surface area contributed by atoms with Crippen molar-refractivity contribution >= 4 is 34.0 Å². The zero-order valence-electron chi connectivity index (χ0n) is 16.6. The van der Waals surface area contributed by atoms with E-state index in [0.29, 0.717) is 19.5 Å². The highest BCUT2D eigenvalue weighted by atomic mass is 35.5. The summed E-state index contributed by atoms with van der Waals surface area (Å²) in [6, 6.07) is 21.9. The maximum atomic E-state index is 13.1. The summed E-state index contributed by atoms with van der Waals surface area (Å²) in [5, 5.41) is 2.88. The molecule has 0 N–H and O–H groups in total. The number of anilines is 1. The molecule has 1 heterocycles. The quantitative estimate of drug-likeness (QED) is 0.595. The van der Waals surface area contributed by atoms with Crippen molar-refractivity contribution < 1.29 is 9.53 Å². The van der Waals surface area contributed by atoms with Gasteiger partial charge in [-0.2, -0.15) is 0 Å². The Hall–Kier alpha value is -2.72. The van der Waals surface area contributed by atoms with E-state index in [4.69, 9.17) is 16.3 Å². The normalized spacial score (nSPS) is 15.4. The van der Waals surface area contributed by atoms with E-state index >= 15 is 0 Å². The van der Waals surface area contributed by atoms with Gasteiger partial charge in [-0.3, -0.25) is 4.79 Å². The number of carbonyl (C=O) groups is 1. The Balaban J connectivity index is 1.43. The van der Waals surface area contributed by atoms with Crippen LogP contribution in [0.25, 0.3) is 10.8 Å². The average molecular weight is 409 g/mol. The average Bonchev–Trinajstić information content (AvgIpc) is 2.77. The number of halogens is 1. The Labute approximate surface area is 176 Å². The van der Waals surface area contributed by atoms with E-state index in [0.717, 1.165) is 40.3 Å². The van der Waals surface area contributed by atoms with Gasteiger partial charge < -0.3 is 14.5 Å². The van der Waals surface area contributed by atoms with E-state index < -0.39 is 6.10 Å². The standard InChI is InChI=1S/C24H25ClN2O2/c1-2-22(29-23-12-5-8-18-7-3-4-11-21(18)23)24(28)27-15-13-26(14-16-27)20-10-6-9-19(25)17-20/h3-12,17,22H,2,13-16H2,1H3. The summed E-state index contributed by atoms with van der Waals surface area (Å²) < 4.78 is 6.20. The fraction of sp³-hybridized carbons (Fsp3) is 0.292. The van der Waals surface area contributed by atoms with E-state index in [1.807, 2.05) is 60.4 Å². The highest BCUT2D eigenvalue weighted by Crippen LogP contribution is 2.27. The molecule has 1 saturated heterocycles. The summed E-state index contributed by atoms with van der Waals surface area (Å²) in [6.45, 7) is 4.94. The number of piperazine rings is 1. The lowest BCUT2D eigenvalue weighted by molar-refractivity contribution is -0.139. The van der Waals surface area contributed by atoms with Gasteiger partial charge in [-0.15, -0.1) is 0 Å². The van der Waals surface area contributed by atoms with Gasteiger partial charge in [-0.25, -0.2) is 0 Å². The number of benzene rings is 3. The Morgan fingerprint density at radius 1 is 1.00 bits per heavy atom. The maximum absolute atomic E-state index is 13.1. The molecule has 1 aliphatic rings. The molecule has 4 rings (SSSR count). The number of hydrogen-bond donors (Lipinski definition) is 0. The minimum Gasteiger partial charge on any atom is -0.480 e. The van der Waals surface area contributed by atoms with Crippen molar-refractivity contribution in [3.8, 4) is 5.75 Å². The molecule has 0 saturated carbocycles. The lowest BCUT2D eigenvalue weighted by atomic mass is 10.1. The smallest absolute Gasteiger partial charge is 0.263 e. The van der Waals surface area contributed by atoms with Crippen molar-refractivity contribution in [1.29, 1.82) is 0 Å². The van der Waals surface area contributed by atoms with Gasteiger partial charge in [-0.05, 0) is 36.1 Å². The molecule has 29 heavy (non-hydrogen) atoms. The lowest BCUT2D eigenvalue weighted by Gasteiger charge is -2.37. The minimum atomic E-state index is -0.474. The molecule has 150 valence electrons. The molecule has 1 fully saturated rings. The molecule has 1 atom stereocenters. The van der Waals surface area contributed by atoms with Crippen LogP contribution in [0, 0.1) is 0 Å². The van der Waals surface area contributed by atoms with E-state index in [-0.39, 0.29) is 5.91 Å². The molecule has 0 spiro atoms. The third-order valence-corrected chi connectivity index (χ3v) is 5.66. The second kappa shape index (κ2) is 8.75. The Morgan fingerprint density at radius 3 is 2.48 bits per heavy atom. The van der Waals surface area contributed by atoms with Crippen molar-refractivity contribution in [2.45, 2.75) is 19.4 Å². The topological polar surface area (TPSA) is 32.8 Å². The predicted molar refractivity (Wildman–Crippen MR) is 119 cm³/mol. The molecular formula is C24H25ClN2O2. The molecule has 0 bridgehead atoms. The van der Waals surface area contributed by atoms with Gasteiger partial charge in [0.2, 0.25) is 0 Å². The summed E-state index contributed by atoms with van der Waals surface area (Å²) in [4.78, 5) is 17.3. The van der Waals surface area contributed by atoms with Crippen LogP contribution in [0.5, 0.6) is 5.75 Å². The van der Waals surface area contributed by atoms with Crippen LogP contribution in [0.1, 0.15) is 13.3 Å². The molecular weight excluding hydrogens is 384 g/mol. The molecule has 1 aliphatic heterocycles. The molecule has 4 nitrogen and oxygen atoms in total. The first-order valence-electron chi connectivity index (χ1n) is 10.1. The molecule has 0 aliphatic carbocycles. The third-order valence-electron chi connectivity index (χ3n) is 5.43. The van der Waals surface area contributed by atoms with Crippen molar-refractivity contribution in [3.63, 3.8) is 0 Å². The monoisotopic (exact) mass is 408 g/mol. The third kappa shape index (κ3) is 4.33. The van der Waals surface area contributed by atoms with Crippen LogP contribution in [0.15, 0.2) is 66.7 Å². The summed E-state index contributed by atoms with van der Waals surface area (Å²) in [7, 11) is 0. The maximum Gasteiger partial charge on any atom is 0.263 e. The molecule has 5 heteroatoms. The zero-order valence-corrected chi connectivity index (χ0v) is 17.3. The van der Waals surface area contributed by atoms with Gasteiger partial charge >= 0.3 is 0 Å². The Kier molecular flexibility index (Phi) is 5.91. The number of carbonyl (C=O) groups excluding carboxylic acids is 1. The van der Waals surface area contributed by atoms with Crippen LogP contribution in [-0.4, -0.2) is 43.1 Å². The summed E-state index contributed by atoms with van der Waals surface area (Å²) >= 11 is 6.11. The molecule has 3 aromatic carbocycles. The van der Waals surface area contributed by atoms with E-state index in [9.17, 15) is 4.79 Å². The van der Waals surface area contributed by atoms with Crippen LogP contribution in [-0.2, 0) is 4.79 Å². The van der Waals surface area contributed by atoms with E-state index in [1.54, 1.807) is 0 Å². The number of hydrogen-bond acceptors (Lipinski definition) is 3. The van der Waals surface area contributed by atoms with Crippen molar-refractivity contribution in [2.24, 2.45) is 0 Å². The highest BCUT2D eigenvalue weighted by molar-refractivity contribution is 6.30. The molecule has 3 aromatic rings. The second-order valence-electron chi connectivity index (χ2n) is 7.28. The van der Waals surface area contributed by atoms with Gasteiger partial charge in [0.15, 0.2) is 6.10 Å². The van der Waals surface area contributed by atoms with Crippen LogP contribution in [0.2, 0.25) is 5.02 Å². The van der Waals surface area contributed by atoms with E-state index in [1.165, 1.54) is 0 Å². The van der Waals surface area contributed by atoms with Crippen molar-refractivity contribution in [3.05, 3.63) is 71.8 Å². The highest BCUT2D eigenvalue weighted by Gasteiger charge is 2.28. The molecule has 1 amide bonds. The molecule has 0 radical (unpaired) electrons. The Bertz CT molecular complexity index is 994. The summed E-state index contributed by atoms with van der Waals surface area (Å²) in [6.07, 6.45) is 0.162. The lowest BCUT2D eigenvalue weighted by Crippen LogP contribution is -2.52. The fourth-order valence-electron chi connectivity index (χ4n) is 3.82. The molecule has 1 unspecified atom stereocenters. The minimum absolute atomic E-state index is 0.0613. The van der Waals surface area contributed by atoms with Crippen molar-refractivity contribution in [2.75, 3.05) is 31.1 Å². The van der Waals surface area contributed by atoms with Crippen LogP contribution in [0.4, 0.5) is 5.69 Å². The Morgan fingerprint density at radius 2 is 1.72 bits per heavy atom. The fourth-order valence-corrected chi connectivity index (χ4v) is 4.01. The first-order chi connectivity index (χ1) is 14.2. The largest absolute Gasteiger partial charge is 0.480 e. The van der Waals surface area contributed by atoms with Crippen molar-refractivity contribution in [1.82, 2.24) is 4.90 Å².